The number of hydrogen-bond acceptors (Lipinski definition) is 3. The molecule has 1 rings (SSSR count). The van der Waals surface area contributed by atoms with Gasteiger partial charge in [-0.3, -0.25) is 0 Å². The standard InChI is InChI=1S/C12H13ClN2O3/c1-6-8(4-5-9(14-3)10(6)13)15-11(7(2)16)12(17)18/h4-5,7,11,15-16H,1-2H3,(H,17,18)/t7?,11-/m1/s1. The molecule has 0 aliphatic heterocycles. The first-order valence-corrected chi connectivity index (χ1v) is 5.60. The summed E-state index contributed by atoms with van der Waals surface area (Å²) in [5, 5.41) is 21.3. The van der Waals surface area contributed by atoms with Crippen LogP contribution in [0.1, 0.15) is 12.5 Å². The van der Waals surface area contributed by atoms with Crippen molar-refractivity contribution in [3.05, 3.63) is 34.1 Å². The Hall–Kier alpha value is -1.77. The molecular formula is C12H13ClN2O3. The summed E-state index contributed by atoms with van der Waals surface area (Å²) in [5.41, 5.74) is 1.38. The molecule has 0 aliphatic carbocycles. The Kier molecular flexibility index (Phi) is 4.54. The molecule has 3 N–H and O–H groups in total. The largest absolute Gasteiger partial charge is 0.480 e. The first kappa shape index (κ1) is 14.3. The summed E-state index contributed by atoms with van der Waals surface area (Å²) in [6.07, 6.45) is -1.05. The van der Waals surface area contributed by atoms with E-state index in [1.54, 1.807) is 13.0 Å². The number of aliphatic hydroxyl groups excluding tert-OH is 1. The Morgan fingerprint density at radius 1 is 1.56 bits per heavy atom. The fourth-order valence-corrected chi connectivity index (χ4v) is 1.68. The van der Waals surface area contributed by atoms with Crippen LogP contribution in [0, 0.1) is 13.5 Å². The van der Waals surface area contributed by atoms with Crippen molar-refractivity contribution in [3.63, 3.8) is 0 Å². The second-order valence-electron chi connectivity index (χ2n) is 3.88. The fourth-order valence-electron chi connectivity index (χ4n) is 1.47. The molecule has 0 heterocycles. The van der Waals surface area contributed by atoms with Gasteiger partial charge in [-0.15, -0.1) is 0 Å². The second kappa shape index (κ2) is 5.71. The van der Waals surface area contributed by atoms with Crippen molar-refractivity contribution in [1.82, 2.24) is 0 Å². The topological polar surface area (TPSA) is 73.9 Å². The van der Waals surface area contributed by atoms with Crippen molar-refractivity contribution < 1.29 is 15.0 Å². The van der Waals surface area contributed by atoms with Gasteiger partial charge in [0.25, 0.3) is 0 Å². The monoisotopic (exact) mass is 268 g/mol. The van der Waals surface area contributed by atoms with Crippen LogP contribution in [-0.2, 0) is 4.79 Å². The van der Waals surface area contributed by atoms with E-state index < -0.39 is 18.1 Å². The lowest BCUT2D eigenvalue weighted by molar-refractivity contribution is -0.140. The van der Waals surface area contributed by atoms with E-state index in [4.69, 9.17) is 23.3 Å². The molecule has 0 radical (unpaired) electrons. The molecule has 0 saturated heterocycles. The predicted octanol–water partition coefficient (Wildman–Crippen LogP) is 2.45. The van der Waals surface area contributed by atoms with Crippen LogP contribution in [0.25, 0.3) is 4.85 Å². The summed E-state index contributed by atoms with van der Waals surface area (Å²) in [4.78, 5) is 14.2. The minimum Gasteiger partial charge on any atom is -0.480 e. The first-order chi connectivity index (χ1) is 8.38. The van der Waals surface area contributed by atoms with E-state index in [1.807, 2.05) is 0 Å². The molecule has 0 saturated carbocycles. The minimum absolute atomic E-state index is 0.282. The summed E-state index contributed by atoms with van der Waals surface area (Å²) in [5.74, 6) is -1.16. The van der Waals surface area contributed by atoms with Crippen molar-refractivity contribution in [1.29, 1.82) is 0 Å². The Bertz CT molecular complexity index is 509. The third-order valence-electron chi connectivity index (χ3n) is 2.55. The van der Waals surface area contributed by atoms with Gasteiger partial charge in [0, 0.05) is 5.69 Å². The maximum Gasteiger partial charge on any atom is 0.328 e. The number of nitrogens with zero attached hydrogens (tertiary/aromatic N) is 1. The third-order valence-corrected chi connectivity index (χ3v) is 3.02. The van der Waals surface area contributed by atoms with E-state index in [1.165, 1.54) is 13.0 Å². The third kappa shape index (κ3) is 2.92. The van der Waals surface area contributed by atoms with Gasteiger partial charge in [-0.2, -0.15) is 0 Å². The molecule has 0 aliphatic rings. The van der Waals surface area contributed by atoms with E-state index in [2.05, 4.69) is 10.2 Å². The molecule has 96 valence electrons. The number of benzene rings is 1. The molecule has 2 atom stereocenters. The number of nitrogens with one attached hydrogen (secondary N) is 1. The van der Waals surface area contributed by atoms with Gasteiger partial charge >= 0.3 is 5.97 Å². The molecule has 1 unspecified atom stereocenters. The Morgan fingerprint density at radius 3 is 2.61 bits per heavy atom. The number of aliphatic carboxylic acids is 1. The van der Waals surface area contributed by atoms with E-state index in [9.17, 15) is 9.90 Å². The Morgan fingerprint density at radius 2 is 2.17 bits per heavy atom. The molecule has 5 nitrogen and oxygen atoms in total. The van der Waals surface area contributed by atoms with Gasteiger partial charge in [-0.25, -0.2) is 9.64 Å². The molecule has 18 heavy (non-hydrogen) atoms. The van der Waals surface area contributed by atoms with Crippen LogP contribution in [0.2, 0.25) is 5.02 Å². The number of carboxylic acid groups (broad SMARTS) is 1. The van der Waals surface area contributed by atoms with Crippen LogP contribution in [0.3, 0.4) is 0 Å². The number of carboxylic acids is 1. The molecule has 1 aromatic rings. The summed E-state index contributed by atoms with van der Waals surface area (Å²) in [7, 11) is 0. The quantitative estimate of drug-likeness (QED) is 0.734. The van der Waals surface area contributed by atoms with Crippen LogP contribution in [0.4, 0.5) is 11.4 Å². The zero-order valence-corrected chi connectivity index (χ0v) is 10.7. The van der Waals surface area contributed by atoms with Gasteiger partial charge in [0.1, 0.15) is 0 Å². The van der Waals surface area contributed by atoms with Crippen LogP contribution in [-0.4, -0.2) is 28.3 Å². The normalized spacial score (nSPS) is 13.5. The lowest BCUT2D eigenvalue weighted by Crippen LogP contribution is -2.39. The zero-order chi connectivity index (χ0) is 13.9. The predicted molar refractivity (Wildman–Crippen MR) is 69.2 cm³/mol. The molecule has 0 fully saturated rings. The number of carbonyl (C=O) groups is 1. The lowest BCUT2D eigenvalue weighted by atomic mass is 10.1. The maximum atomic E-state index is 11.0. The summed E-state index contributed by atoms with van der Waals surface area (Å²) < 4.78 is 0. The highest BCUT2D eigenvalue weighted by atomic mass is 35.5. The summed E-state index contributed by atoms with van der Waals surface area (Å²) in [6.45, 7) is 9.98. The van der Waals surface area contributed by atoms with Gasteiger partial charge in [-0.1, -0.05) is 17.7 Å². The van der Waals surface area contributed by atoms with Crippen LogP contribution >= 0.6 is 11.6 Å². The minimum atomic E-state index is -1.16. The molecule has 6 heteroatoms. The molecule has 1 aromatic carbocycles. The molecule has 0 amide bonds. The average molecular weight is 269 g/mol. The van der Waals surface area contributed by atoms with E-state index >= 15 is 0 Å². The van der Waals surface area contributed by atoms with Crippen LogP contribution in [0.5, 0.6) is 0 Å². The average Bonchev–Trinajstić information content (AvgIpc) is 2.30. The van der Waals surface area contributed by atoms with Crippen molar-refractivity contribution in [2.24, 2.45) is 0 Å². The fraction of sp³-hybridized carbons (Fsp3) is 0.333. The van der Waals surface area contributed by atoms with Crippen LogP contribution in [0.15, 0.2) is 12.1 Å². The Labute approximate surface area is 110 Å². The van der Waals surface area contributed by atoms with Crippen molar-refractivity contribution in [3.8, 4) is 0 Å². The lowest BCUT2D eigenvalue weighted by Gasteiger charge is -2.20. The van der Waals surface area contributed by atoms with E-state index in [0.717, 1.165) is 0 Å². The summed E-state index contributed by atoms with van der Waals surface area (Å²) >= 11 is 5.98. The number of aliphatic hydroxyl groups is 1. The smallest absolute Gasteiger partial charge is 0.328 e. The summed E-state index contributed by atoms with van der Waals surface area (Å²) in [6, 6.07) is 1.96. The number of halogens is 1. The van der Waals surface area contributed by atoms with Crippen molar-refractivity contribution in [2.45, 2.75) is 26.0 Å². The zero-order valence-electron chi connectivity index (χ0n) is 9.94. The van der Waals surface area contributed by atoms with Gasteiger partial charge in [0.15, 0.2) is 6.04 Å². The van der Waals surface area contributed by atoms with Crippen molar-refractivity contribution >= 4 is 28.9 Å². The molecule has 0 aromatic heterocycles. The van der Waals surface area contributed by atoms with Gasteiger partial charge < -0.3 is 15.5 Å². The van der Waals surface area contributed by atoms with E-state index in [-0.39, 0.29) is 5.02 Å². The maximum absolute atomic E-state index is 11.0. The molecule has 0 spiro atoms. The molecule has 0 bridgehead atoms. The highest BCUT2D eigenvalue weighted by molar-refractivity contribution is 6.34. The number of hydrogen-bond donors (Lipinski definition) is 3. The number of anilines is 1. The highest BCUT2D eigenvalue weighted by Gasteiger charge is 2.23. The van der Waals surface area contributed by atoms with Gasteiger partial charge in [0.2, 0.25) is 5.69 Å². The first-order valence-electron chi connectivity index (χ1n) is 5.22. The molecular weight excluding hydrogens is 256 g/mol. The SMILES string of the molecule is [C-]#[N+]c1ccc(N[C@@H](C(=O)O)C(C)O)c(C)c1Cl. The van der Waals surface area contributed by atoms with Gasteiger partial charge in [0.05, 0.1) is 17.7 Å². The number of rotatable bonds is 4. The van der Waals surface area contributed by atoms with E-state index in [0.29, 0.717) is 16.9 Å². The van der Waals surface area contributed by atoms with Gasteiger partial charge in [-0.05, 0) is 25.5 Å². The Balaban J connectivity index is 3.09. The van der Waals surface area contributed by atoms with Crippen LogP contribution < -0.4 is 5.32 Å². The van der Waals surface area contributed by atoms with Crippen molar-refractivity contribution in [2.75, 3.05) is 5.32 Å². The highest BCUT2D eigenvalue weighted by Crippen LogP contribution is 2.33. The second-order valence-corrected chi connectivity index (χ2v) is 4.26.